The molecule has 15 heavy (non-hydrogen) atoms. The number of likely N-dealkylation sites (tertiary alicyclic amines) is 1. The summed E-state index contributed by atoms with van der Waals surface area (Å²) in [7, 11) is 0. The van der Waals surface area contributed by atoms with Crippen molar-refractivity contribution in [3.63, 3.8) is 0 Å². The van der Waals surface area contributed by atoms with Crippen LogP contribution < -0.4 is 11.1 Å². The molecule has 1 unspecified atom stereocenters. The van der Waals surface area contributed by atoms with E-state index >= 15 is 0 Å². The Morgan fingerprint density at radius 3 is 2.87 bits per heavy atom. The van der Waals surface area contributed by atoms with Crippen LogP contribution in [0.4, 0.5) is 0 Å². The van der Waals surface area contributed by atoms with E-state index in [0.717, 1.165) is 13.1 Å². The topological polar surface area (TPSA) is 53.6 Å². The van der Waals surface area contributed by atoms with Gasteiger partial charge >= 0.3 is 0 Å². The van der Waals surface area contributed by atoms with Gasteiger partial charge in [0.15, 0.2) is 5.96 Å². The number of hydrogen-bond acceptors (Lipinski definition) is 2. The largest absolute Gasteiger partial charge is 0.370 e. The van der Waals surface area contributed by atoms with E-state index in [2.05, 4.69) is 29.1 Å². The van der Waals surface area contributed by atoms with Crippen LogP contribution in [-0.2, 0) is 0 Å². The van der Waals surface area contributed by atoms with Crippen LogP contribution in [0.5, 0.6) is 0 Å². The highest BCUT2D eigenvalue weighted by atomic mass is 15.2. The van der Waals surface area contributed by atoms with E-state index in [4.69, 9.17) is 5.73 Å². The van der Waals surface area contributed by atoms with Gasteiger partial charge in [-0.25, -0.2) is 0 Å². The van der Waals surface area contributed by atoms with Gasteiger partial charge in [0.2, 0.25) is 0 Å². The number of nitrogens with zero attached hydrogens (tertiary/aromatic N) is 2. The first-order valence-electron chi connectivity index (χ1n) is 5.91. The summed E-state index contributed by atoms with van der Waals surface area (Å²) >= 11 is 0. The molecule has 1 aliphatic rings. The molecule has 0 aromatic heterocycles. The third-order valence-corrected chi connectivity index (χ3v) is 2.93. The second-order valence-corrected chi connectivity index (χ2v) is 4.50. The summed E-state index contributed by atoms with van der Waals surface area (Å²) in [6.45, 7) is 10.6. The van der Waals surface area contributed by atoms with Crippen molar-refractivity contribution < 1.29 is 0 Å². The molecule has 4 heteroatoms. The molecule has 1 atom stereocenters. The molecule has 0 radical (unpaired) electrons. The van der Waals surface area contributed by atoms with Crippen LogP contribution >= 0.6 is 0 Å². The Balaban J connectivity index is 2.27. The lowest BCUT2D eigenvalue weighted by Gasteiger charge is -2.19. The summed E-state index contributed by atoms with van der Waals surface area (Å²) in [4.78, 5) is 6.85. The van der Waals surface area contributed by atoms with Gasteiger partial charge in [-0.1, -0.05) is 0 Å². The highest BCUT2D eigenvalue weighted by Crippen LogP contribution is 2.18. The summed E-state index contributed by atoms with van der Waals surface area (Å²) in [5.41, 5.74) is 5.68. The molecule has 0 spiro atoms. The SMILES string of the molecule is CCNC(N)=NCC1CCN(C(C)C)C1. The molecule has 0 aromatic rings. The van der Waals surface area contributed by atoms with Crippen molar-refractivity contribution >= 4 is 5.96 Å². The van der Waals surface area contributed by atoms with Gasteiger partial charge in [-0.2, -0.15) is 0 Å². The Labute approximate surface area is 92.9 Å². The third kappa shape index (κ3) is 4.08. The van der Waals surface area contributed by atoms with Crippen LogP contribution in [0.2, 0.25) is 0 Å². The predicted octanol–water partition coefficient (Wildman–Crippen LogP) is 0.641. The fraction of sp³-hybridized carbons (Fsp3) is 0.909. The van der Waals surface area contributed by atoms with Crippen molar-refractivity contribution in [1.82, 2.24) is 10.2 Å². The molecule has 4 nitrogen and oxygen atoms in total. The van der Waals surface area contributed by atoms with Gasteiger partial charge in [0.05, 0.1) is 0 Å². The molecular weight excluding hydrogens is 188 g/mol. The van der Waals surface area contributed by atoms with Gasteiger partial charge in [-0.05, 0) is 39.7 Å². The van der Waals surface area contributed by atoms with E-state index in [-0.39, 0.29) is 0 Å². The standard InChI is InChI=1S/C11H24N4/c1-4-13-11(12)14-7-10-5-6-15(8-10)9(2)3/h9-10H,4-8H2,1-3H3,(H3,12,13,14). The van der Waals surface area contributed by atoms with Gasteiger partial charge in [0.1, 0.15) is 0 Å². The van der Waals surface area contributed by atoms with Crippen molar-refractivity contribution in [2.75, 3.05) is 26.2 Å². The summed E-state index contributed by atoms with van der Waals surface area (Å²) in [5.74, 6) is 1.27. The lowest BCUT2D eigenvalue weighted by atomic mass is 10.1. The highest BCUT2D eigenvalue weighted by Gasteiger charge is 2.23. The normalized spacial score (nSPS) is 23.7. The Kier molecular flexibility index (Phi) is 4.88. The maximum absolute atomic E-state index is 5.68. The Hall–Kier alpha value is -0.770. The van der Waals surface area contributed by atoms with E-state index in [0.29, 0.717) is 17.9 Å². The van der Waals surface area contributed by atoms with E-state index in [1.807, 2.05) is 6.92 Å². The number of nitrogens with one attached hydrogen (secondary N) is 1. The van der Waals surface area contributed by atoms with Crippen LogP contribution in [0, 0.1) is 5.92 Å². The molecular formula is C11H24N4. The van der Waals surface area contributed by atoms with E-state index < -0.39 is 0 Å². The number of hydrogen-bond donors (Lipinski definition) is 2. The molecule has 1 heterocycles. The lowest BCUT2D eigenvalue weighted by Crippen LogP contribution is -2.32. The van der Waals surface area contributed by atoms with Gasteiger partial charge in [-0.3, -0.25) is 4.99 Å². The molecule has 1 aliphatic heterocycles. The number of guanidine groups is 1. The molecule has 0 bridgehead atoms. The Morgan fingerprint density at radius 2 is 2.33 bits per heavy atom. The van der Waals surface area contributed by atoms with Crippen molar-refractivity contribution in [2.45, 2.75) is 33.2 Å². The minimum absolute atomic E-state index is 0.584. The van der Waals surface area contributed by atoms with Crippen LogP contribution in [0.15, 0.2) is 4.99 Å². The molecule has 0 saturated carbocycles. The maximum atomic E-state index is 5.68. The van der Waals surface area contributed by atoms with Crippen molar-refractivity contribution in [3.8, 4) is 0 Å². The second-order valence-electron chi connectivity index (χ2n) is 4.50. The van der Waals surface area contributed by atoms with Gasteiger partial charge in [-0.15, -0.1) is 0 Å². The van der Waals surface area contributed by atoms with Crippen LogP contribution in [0.1, 0.15) is 27.2 Å². The molecule has 0 aliphatic carbocycles. The molecule has 1 fully saturated rings. The first-order chi connectivity index (χ1) is 7.13. The summed E-state index contributed by atoms with van der Waals surface area (Å²) in [6.07, 6.45) is 1.25. The Morgan fingerprint density at radius 1 is 1.60 bits per heavy atom. The van der Waals surface area contributed by atoms with Gasteiger partial charge < -0.3 is 16.0 Å². The van der Waals surface area contributed by atoms with Gasteiger partial charge in [0.25, 0.3) is 0 Å². The molecule has 1 saturated heterocycles. The molecule has 0 amide bonds. The summed E-state index contributed by atoms with van der Waals surface area (Å²) < 4.78 is 0. The first-order valence-corrected chi connectivity index (χ1v) is 5.91. The lowest BCUT2D eigenvalue weighted by molar-refractivity contribution is 0.266. The van der Waals surface area contributed by atoms with Gasteiger partial charge in [0, 0.05) is 25.7 Å². The Bertz CT molecular complexity index is 213. The molecule has 3 N–H and O–H groups in total. The van der Waals surface area contributed by atoms with Crippen molar-refractivity contribution in [3.05, 3.63) is 0 Å². The number of nitrogens with two attached hydrogens (primary N) is 1. The monoisotopic (exact) mass is 212 g/mol. The van der Waals surface area contributed by atoms with Crippen LogP contribution in [-0.4, -0.2) is 43.1 Å². The zero-order chi connectivity index (χ0) is 11.3. The molecule has 1 rings (SSSR count). The fourth-order valence-corrected chi connectivity index (χ4v) is 1.95. The van der Waals surface area contributed by atoms with E-state index in [9.17, 15) is 0 Å². The summed E-state index contributed by atoms with van der Waals surface area (Å²) in [6, 6.07) is 0.657. The zero-order valence-corrected chi connectivity index (χ0v) is 10.2. The van der Waals surface area contributed by atoms with Crippen molar-refractivity contribution in [1.29, 1.82) is 0 Å². The quantitative estimate of drug-likeness (QED) is 0.531. The first kappa shape index (κ1) is 12.3. The average molecular weight is 212 g/mol. The van der Waals surface area contributed by atoms with Crippen molar-refractivity contribution in [2.24, 2.45) is 16.6 Å². The highest BCUT2D eigenvalue weighted by molar-refractivity contribution is 5.77. The fourth-order valence-electron chi connectivity index (χ4n) is 1.95. The molecule has 88 valence electrons. The van der Waals surface area contributed by atoms with Crippen LogP contribution in [0.3, 0.4) is 0 Å². The third-order valence-electron chi connectivity index (χ3n) is 2.93. The number of rotatable bonds is 4. The maximum Gasteiger partial charge on any atom is 0.188 e. The number of aliphatic imine (C=N–C) groups is 1. The second kappa shape index (κ2) is 5.95. The van der Waals surface area contributed by atoms with E-state index in [1.165, 1.54) is 19.5 Å². The minimum Gasteiger partial charge on any atom is -0.370 e. The summed E-state index contributed by atoms with van der Waals surface area (Å²) in [5, 5.41) is 3.02. The van der Waals surface area contributed by atoms with E-state index in [1.54, 1.807) is 0 Å². The smallest absolute Gasteiger partial charge is 0.188 e. The average Bonchev–Trinajstić information content (AvgIpc) is 2.63. The molecule has 0 aromatic carbocycles. The van der Waals surface area contributed by atoms with Crippen LogP contribution in [0.25, 0.3) is 0 Å². The zero-order valence-electron chi connectivity index (χ0n) is 10.2. The predicted molar refractivity (Wildman–Crippen MR) is 65.0 cm³/mol. The minimum atomic E-state index is 0.584.